The number of nitrogens with one attached hydrogen (secondary N) is 1. The van der Waals surface area contributed by atoms with Gasteiger partial charge in [0.25, 0.3) is 0 Å². The maximum atomic E-state index is 11.9. The summed E-state index contributed by atoms with van der Waals surface area (Å²) in [5.41, 5.74) is 0.930. The van der Waals surface area contributed by atoms with E-state index in [-0.39, 0.29) is 11.9 Å². The van der Waals surface area contributed by atoms with Crippen molar-refractivity contribution < 1.29 is 9.53 Å². The van der Waals surface area contributed by atoms with Crippen LogP contribution in [0.15, 0.2) is 0 Å². The number of anilines is 1. The van der Waals surface area contributed by atoms with Crippen LogP contribution in [0.3, 0.4) is 0 Å². The molecule has 0 fully saturated rings. The fourth-order valence-corrected chi connectivity index (χ4v) is 3.35. The number of ether oxygens (including phenoxy) is 1. The molecule has 0 aliphatic heterocycles. The van der Waals surface area contributed by atoms with E-state index in [1.54, 1.807) is 11.3 Å². The van der Waals surface area contributed by atoms with Gasteiger partial charge in [-0.1, -0.05) is 6.92 Å². The minimum Gasteiger partial charge on any atom is -0.465 e. The second kappa shape index (κ2) is 7.04. The number of hydrogen-bond acceptors (Lipinski definition) is 6. The van der Waals surface area contributed by atoms with Crippen molar-refractivity contribution in [3.05, 3.63) is 10.6 Å². The molecule has 6 heteroatoms. The van der Waals surface area contributed by atoms with Gasteiger partial charge < -0.3 is 15.0 Å². The number of thiazole rings is 1. The summed E-state index contributed by atoms with van der Waals surface area (Å²) in [5, 5.41) is 4.27. The number of esters is 1. The standard InChI is InChI=1S/C14H23N3O2S/c1-4-17(3)9-8-15-14-16-12-10(13(18)19-5-2)6-7-11(12)20-14/h10H,4-9H2,1-3H3,(H,15,16). The maximum absolute atomic E-state index is 11.9. The third kappa shape index (κ3) is 3.49. The molecular weight excluding hydrogens is 274 g/mol. The second-order valence-corrected chi connectivity index (χ2v) is 6.08. The van der Waals surface area contributed by atoms with Crippen LogP contribution in [0.1, 0.15) is 36.8 Å². The first-order valence-corrected chi connectivity index (χ1v) is 8.06. The van der Waals surface area contributed by atoms with Gasteiger partial charge in [0, 0.05) is 18.0 Å². The summed E-state index contributed by atoms with van der Waals surface area (Å²) in [7, 11) is 2.10. The predicted molar refractivity (Wildman–Crippen MR) is 81.5 cm³/mol. The quantitative estimate of drug-likeness (QED) is 0.781. The van der Waals surface area contributed by atoms with Gasteiger partial charge in [0.1, 0.15) is 5.92 Å². The first kappa shape index (κ1) is 15.3. The molecule has 112 valence electrons. The number of fused-ring (bicyclic) bond motifs is 1. The number of nitrogens with zero attached hydrogens (tertiary/aromatic N) is 2. The SMILES string of the molecule is CCOC(=O)C1CCc2sc(NCCN(C)CC)nc21. The van der Waals surface area contributed by atoms with Crippen LogP contribution in [0.4, 0.5) is 5.13 Å². The third-order valence-corrected chi connectivity index (χ3v) is 4.69. The van der Waals surface area contributed by atoms with Gasteiger partial charge >= 0.3 is 5.97 Å². The molecule has 1 unspecified atom stereocenters. The van der Waals surface area contributed by atoms with Crippen molar-refractivity contribution in [3.8, 4) is 0 Å². The monoisotopic (exact) mass is 297 g/mol. The minimum absolute atomic E-state index is 0.131. The Labute approximate surface area is 124 Å². The molecule has 0 radical (unpaired) electrons. The molecule has 1 heterocycles. The fraction of sp³-hybridized carbons (Fsp3) is 0.714. The van der Waals surface area contributed by atoms with Crippen LogP contribution in [-0.2, 0) is 16.0 Å². The summed E-state index contributed by atoms with van der Waals surface area (Å²) in [4.78, 5) is 19.9. The lowest BCUT2D eigenvalue weighted by molar-refractivity contribution is -0.145. The van der Waals surface area contributed by atoms with E-state index in [0.29, 0.717) is 6.61 Å². The Morgan fingerprint density at radius 1 is 1.55 bits per heavy atom. The molecule has 0 aromatic carbocycles. The molecule has 0 saturated carbocycles. The molecule has 1 aromatic rings. The summed E-state index contributed by atoms with van der Waals surface area (Å²) in [6.07, 6.45) is 1.78. The Bertz CT molecular complexity index is 461. The van der Waals surface area contributed by atoms with E-state index >= 15 is 0 Å². The number of aromatic nitrogens is 1. The normalized spacial score (nSPS) is 17.3. The lowest BCUT2D eigenvalue weighted by Crippen LogP contribution is -2.24. The van der Waals surface area contributed by atoms with Crippen molar-refractivity contribution in [1.29, 1.82) is 0 Å². The topological polar surface area (TPSA) is 54.5 Å². The molecule has 1 aliphatic rings. The van der Waals surface area contributed by atoms with Gasteiger partial charge in [-0.25, -0.2) is 4.98 Å². The molecule has 1 N–H and O–H groups in total. The van der Waals surface area contributed by atoms with Gasteiger partial charge in [-0.3, -0.25) is 4.79 Å². The fourth-order valence-electron chi connectivity index (χ4n) is 2.29. The zero-order valence-electron chi connectivity index (χ0n) is 12.4. The molecule has 2 rings (SSSR count). The molecule has 1 aliphatic carbocycles. The number of hydrogen-bond donors (Lipinski definition) is 1. The Morgan fingerprint density at radius 2 is 2.35 bits per heavy atom. The highest BCUT2D eigenvalue weighted by molar-refractivity contribution is 7.15. The van der Waals surface area contributed by atoms with E-state index in [1.165, 1.54) is 4.88 Å². The number of carbonyl (C=O) groups excluding carboxylic acids is 1. The number of aryl methyl sites for hydroxylation is 1. The molecular formula is C14H23N3O2S. The van der Waals surface area contributed by atoms with E-state index in [4.69, 9.17) is 4.74 Å². The van der Waals surface area contributed by atoms with E-state index in [9.17, 15) is 4.79 Å². The highest BCUT2D eigenvalue weighted by Gasteiger charge is 2.33. The first-order valence-electron chi connectivity index (χ1n) is 7.24. The van der Waals surface area contributed by atoms with Crippen molar-refractivity contribution in [2.24, 2.45) is 0 Å². The van der Waals surface area contributed by atoms with Crippen LogP contribution in [0.2, 0.25) is 0 Å². The average Bonchev–Trinajstić information content (AvgIpc) is 2.98. The van der Waals surface area contributed by atoms with E-state index in [2.05, 4.69) is 29.2 Å². The van der Waals surface area contributed by atoms with Gasteiger partial charge in [0.2, 0.25) is 0 Å². The zero-order valence-corrected chi connectivity index (χ0v) is 13.3. The van der Waals surface area contributed by atoms with Gasteiger partial charge in [-0.05, 0) is 33.4 Å². The Morgan fingerprint density at radius 3 is 3.05 bits per heavy atom. The molecule has 0 amide bonds. The Balaban J connectivity index is 1.93. The molecule has 0 spiro atoms. The van der Waals surface area contributed by atoms with Crippen molar-refractivity contribution in [2.75, 3.05) is 38.6 Å². The van der Waals surface area contributed by atoms with Crippen LogP contribution < -0.4 is 5.32 Å². The highest BCUT2D eigenvalue weighted by Crippen LogP contribution is 2.38. The molecule has 5 nitrogen and oxygen atoms in total. The second-order valence-electron chi connectivity index (χ2n) is 4.99. The summed E-state index contributed by atoms with van der Waals surface area (Å²) < 4.78 is 5.12. The smallest absolute Gasteiger partial charge is 0.315 e. The number of likely N-dealkylation sites (N-methyl/N-ethyl adjacent to an activating group) is 1. The first-order chi connectivity index (χ1) is 9.65. The van der Waals surface area contributed by atoms with Gasteiger partial charge in [-0.2, -0.15) is 0 Å². The summed E-state index contributed by atoms with van der Waals surface area (Å²) in [6.45, 7) is 7.32. The summed E-state index contributed by atoms with van der Waals surface area (Å²) in [5.74, 6) is -0.288. The largest absolute Gasteiger partial charge is 0.465 e. The van der Waals surface area contributed by atoms with Crippen molar-refractivity contribution in [2.45, 2.75) is 32.6 Å². The van der Waals surface area contributed by atoms with E-state index in [1.807, 2.05) is 6.92 Å². The Kier molecular flexibility index (Phi) is 5.37. The van der Waals surface area contributed by atoms with Crippen molar-refractivity contribution >= 4 is 22.4 Å². The maximum Gasteiger partial charge on any atom is 0.315 e. The number of rotatable bonds is 7. The van der Waals surface area contributed by atoms with Crippen LogP contribution in [0.5, 0.6) is 0 Å². The summed E-state index contributed by atoms with van der Waals surface area (Å²) >= 11 is 1.67. The van der Waals surface area contributed by atoms with Gasteiger partial charge in [-0.15, -0.1) is 11.3 Å². The molecule has 0 saturated heterocycles. The lowest BCUT2D eigenvalue weighted by Gasteiger charge is -2.13. The van der Waals surface area contributed by atoms with E-state index < -0.39 is 0 Å². The van der Waals surface area contributed by atoms with Crippen molar-refractivity contribution in [3.63, 3.8) is 0 Å². The Hall–Kier alpha value is -1.14. The van der Waals surface area contributed by atoms with E-state index in [0.717, 1.165) is 43.3 Å². The molecule has 1 aromatic heterocycles. The minimum atomic E-state index is -0.157. The average molecular weight is 297 g/mol. The van der Waals surface area contributed by atoms with Crippen molar-refractivity contribution in [1.82, 2.24) is 9.88 Å². The van der Waals surface area contributed by atoms with Crippen LogP contribution >= 0.6 is 11.3 Å². The lowest BCUT2D eigenvalue weighted by atomic mass is 10.1. The molecule has 1 atom stereocenters. The van der Waals surface area contributed by atoms with Crippen LogP contribution in [0.25, 0.3) is 0 Å². The predicted octanol–water partition coefficient (Wildman–Crippen LogP) is 2.10. The third-order valence-electron chi connectivity index (χ3n) is 3.60. The summed E-state index contributed by atoms with van der Waals surface area (Å²) in [6, 6.07) is 0. The number of carbonyl (C=O) groups is 1. The molecule has 0 bridgehead atoms. The molecule has 20 heavy (non-hydrogen) atoms. The van der Waals surface area contributed by atoms with Gasteiger partial charge in [0.05, 0.1) is 12.3 Å². The van der Waals surface area contributed by atoms with Gasteiger partial charge in [0.15, 0.2) is 5.13 Å². The van der Waals surface area contributed by atoms with Crippen LogP contribution in [-0.4, -0.2) is 49.1 Å². The zero-order chi connectivity index (χ0) is 14.5. The van der Waals surface area contributed by atoms with Crippen LogP contribution in [0, 0.1) is 0 Å². The highest BCUT2D eigenvalue weighted by atomic mass is 32.1.